The van der Waals surface area contributed by atoms with E-state index in [0.717, 1.165) is 37.0 Å². The standard InChI is InChI=1S/C18H29ClN4O/c1-5-20-17(21-13-18(2,3)24-4)22-15-9-10-23(12-15)16-8-6-7-14(19)11-16/h6-8,11,15H,5,9-10,12-13H2,1-4H3,(H2,20,21,22). The molecule has 1 atom stereocenters. The van der Waals surface area contributed by atoms with E-state index in [1.807, 2.05) is 32.0 Å². The van der Waals surface area contributed by atoms with Gasteiger partial charge in [0.05, 0.1) is 12.1 Å². The van der Waals surface area contributed by atoms with Crippen LogP contribution in [-0.2, 0) is 4.74 Å². The van der Waals surface area contributed by atoms with Gasteiger partial charge in [-0.1, -0.05) is 17.7 Å². The van der Waals surface area contributed by atoms with Gasteiger partial charge in [-0.3, -0.25) is 4.99 Å². The Morgan fingerprint density at radius 1 is 1.46 bits per heavy atom. The molecule has 1 saturated heterocycles. The van der Waals surface area contributed by atoms with Gasteiger partial charge in [-0.05, 0) is 45.4 Å². The average Bonchev–Trinajstić information content (AvgIpc) is 3.01. The molecule has 1 aromatic carbocycles. The highest BCUT2D eigenvalue weighted by atomic mass is 35.5. The summed E-state index contributed by atoms with van der Waals surface area (Å²) < 4.78 is 5.44. The normalized spacial score (nSPS) is 18.8. The van der Waals surface area contributed by atoms with Crippen LogP contribution in [0.25, 0.3) is 0 Å². The van der Waals surface area contributed by atoms with Crippen molar-refractivity contribution >= 4 is 23.2 Å². The smallest absolute Gasteiger partial charge is 0.191 e. The summed E-state index contributed by atoms with van der Waals surface area (Å²) in [6, 6.07) is 8.40. The van der Waals surface area contributed by atoms with Crippen LogP contribution in [0.5, 0.6) is 0 Å². The van der Waals surface area contributed by atoms with Gasteiger partial charge in [-0.2, -0.15) is 0 Å². The van der Waals surface area contributed by atoms with E-state index in [4.69, 9.17) is 16.3 Å². The molecule has 0 aliphatic carbocycles. The molecule has 0 bridgehead atoms. The summed E-state index contributed by atoms with van der Waals surface area (Å²) in [5, 5.41) is 7.63. The predicted octanol–water partition coefficient (Wildman–Crippen LogP) is 2.90. The molecule has 0 amide bonds. The van der Waals surface area contributed by atoms with Crippen LogP contribution in [0.15, 0.2) is 29.3 Å². The van der Waals surface area contributed by atoms with Gasteiger partial charge in [0.15, 0.2) is 5.96 Å². The van der Waals surface area contributed by atoms with Crippen LogP contribution in [-0.4, -0.2) is 50.9 Å². The van der Waals surface area contributed by atoms with Crippen molar-refractivity contribution in [3.63, 3.8) is 0 Å². The van der Waals surface area contributed by atoms with Crippen molar-refractivity contribution < 1.29 is 4.74 Å². The number of ether oxygens (including phenoxy) is 1. The number of halogens is 1. The van der Waals surface area contributed by atoms with Crippen LogP contribution >= 0.6 is 11.6 Å². The number of rotatable bonds is 6. The van der Waals surface area contributed by atoms with Crippen molar-refractivity contribution in [3.05, 3.63) is 29.3 Å². The Morgan fingerprint density at radius 3 is 2.92 bits per heavy atom. The van der Waals surface area contributed by atoms with Crippen LogP contribution < -0.4 is 15.5 Å². The number of aliphatic imine (C=N–C) groups is 1. The van der Waals surface area contributed by atoms with Crippen molar-refractivity contribution in [2.75, 3.05) is 38.2 Å². The predicted molar refractivity (Wildman–Crippen MR) is 102 cm³/mol. The maximum atomic E-state index is 6.10. The SMILES string of the molecule is CCNC(=NCC(C)(C)OC)NC1CCN(c2cccc(Cl)c2)C1. The Balaban J connectivity index is 1.95. The molecule has 134 valence electrons. The van der Waals surface area contributed by atoms with E-state index in [0.29, 0.717) is 12.6 Å². The summed E-state index contributed by atoms with van der Waals surface area (Å²) in [6.07, 6.45) is 1.07. The summed E-state index contributed by atoms with van der Waals surface area (Å²) in [4.78, 5) is 7.01. The Kier molecular flexibility index (Phi) is 6.75. The van der Waals surface area contributed by atoms with Crippen LogP contribution in [0, 0.1) is 0 Å². The molecule has 0 aromatic heterocycles. The maximum absolute atomic E-state index is 6.10. The summed E-state index contributed by atoms with van der Waals surface area (Å²) >= 11 is 6.10. The van der Waals surface area contributed by atoms with Gasteiger partial charge in [0.25, 0.3) is 0 Å². The first-order chi connectivity index (χ1) is 11.4. The number of benzene rings is 1. The molecule has 1 unspecified atom stereocenters. The molecule has 5 nitrogen and oxygen atoms in total. The summed E-state index contributed by atoms with van der Waals surface area (Å²) in [5.41, 5.74) is 0.916. The first-order valence-electron chi connectivity index (χ1n) is 8.54. The monoisotopic (exact) mass is 352 g/mol. The topological polar surface area (TPSA) is 48.9 Å². The minimum absolute atomic E-state index is 0.259. The summed E-state index contributed by atoms with van der Waals surface area (Å²) in [5.74, 6) is 0.848. The van der Waals surface area contributed by atoms with E-state index >= 15 is 0 Å². The number of guanidine groups is 1. The van der Waals surface area contributed by atoms with Gasteiger partial charge in [0.1, 0.15) is 0 Å². The van der Waals surface area contributed by atoms with E-state index in [2.05, 4.69) is 33.5 Å². The highest BCUT2D eigenvalue weighted by molar-refractivity contribution is 6.30. The molecule has 1 aliphatic rings. The minimum Gasteiger partial charge on any atom is -0.377 e. The molecule has 1 fully saturated rings. The van der Waals surface area contributed by atoms with Crippen molar-refractivity contribution in [2.45, 2.75) is 38.8 Å². The third-order valence-electron chi connectivity index (χ3n) is 4.22. The Morgan fingerprint density at radius 2 is 2.25 bits per heavy atom. The summed E-state index contributed by atoms with van der Waals surface area (Å²) in [6.45, 7) is 9.56. The van der Waals surface area contributed by atoms with Gasteiger partial charge >= 0.3 is 0 Å². The van der Waals surface area contributed by atoms with Crippen LogP contribution in [0.4, 0.5) is 5.69 Å². The molecule has 1 heterocycles. The van der Waals surface area contributed by atoms with Gasteiger partial charge in [0, 0.05) is 43.5 Å². The number of hydrogen-bond acceptors (Lipinski definition) is 3. The van der Waals surface area contributed by atoms with E-state index < -0.39 is 0 Å². The lowest BCUT2D eigenvalue weighted by molar-refractivity contribution is 0.0310. The third-order valence-corrected chi connectivity index (χ3v) is 4.45. The molecule has 0 radical (unpaired) electrons. The average molecular weight is 353 g/mol. The number of nitrogens with one attached hydrogen (secondary N) is 2. The second kappa shape index (κ2) is 8.58. The first kappa shape index (κ1) is 18.9. The van der Waals surface area contributed by atoms with Crippen LogP contribution in [0.2, 0.25) is 5.02 Å². The molecule has 0 saturated carbocycles. The minimum atomic E-state index is -0.259. The van der Waals surface area contributed by atoms with E-state index in [1.165, 1.54) is 5.69 Å². The summed E-state index contributed by atoms with van der Waals surface area (Å²) in [7, 11) is 1.72. The lowest BCUT2D eigenvalue weighted by Crippen LogP contribution is -2.45. The third kappa shape index (κ3) is 5.56. The first-order valence-corrected chi connectivity index (χ1v) is 8.92. The molecule has 24 heavy (non-hydrogen) atoms. The molecule has 0 spiro atoms. The van der Waals surface area contributed by atoms with Crippen molar-refractivity contribution in [1.29, 1.82) is 0 Å². The van der Waals surface area contributed by atoms with E-state index in [-0.39, 0.29) is 5.60 Å². The maximum Gasteiger partial charge on any atom is 0.191 e. The fraction of sp³-hybridized carbons (Fsp3) is 0.611. The number of methoxy groups -OCH3 is 1. The van der Waals surface area contributed by atoms with Gasteiger partial charge in [0.2, 0.25) is 0 Å². The van der Waals surface area contributed by atoms with E-state index in [1.54, 1.807) is 7.11 Å². The lowest BCUT2D eigenvalue weighted by atomic mass is 10.1. The molecular formula is C18H29ClN4O. The number of anilines is 1. The molecule has 1 aliphatic heterocycles. The molecular weight excluding hydrogens is 324 g/mol. The van der Waals surface area contributed by atoms with Gasteiger partial charge in [-0.15, -0.1) is 0 Å². The van der Waals surface area contributed by atoms with Crippen LogP contribution in [0.3, 0.4) is 0 Å². The fourth-order valence-electron chi connectivity index (χ4n) is 2.63. The molecule has 6 heteroatoms. The highest BCUT2D eigenvalue weighted by Crippen LogP contribution is 2.23. The van der Waals surface area contributed by atoms with Crippen molar-refractivity contribution in [3.8, 4) is 0 Å². The zero-order valence-corrected chi connectivity index (χ0v) is 15.9. The zero-order valence-electron chi connectivity index (χ0n) is 15.1. The number of hydrogen-bond donors (Lipinski definition) is 2. The largest absolute Gasteiger partial charge is 0.377 e. The van der Waals surface area contributed by atoms with Crippen molar-refractivity contribution in [1.82, 2.24) is 10.6 Å². The van der Waals surface area contributed by atoms with Crippen molar-refractivity contribution in [2.24, 2.45) is 4.99 Å². The second-order valence-corrected chi connectivity index (χ2v) is 7.15. The van der Waals surface area contributed by atoms with Crippen LogP contribution in [0.1, 0.15) is 27.2 Å². The second-order valence-electron chi connectivity index (χ2n) is 6.71. The molecule has 2 rings (SSSR count). The Hall–Kier alpha value is -1.46. The highest BCUT2D eigenvalue weighted by Gasteiger charge is 2.24. The fourth-order valence-corrected chi connectivity index (χ4v) is 2.82. The Labute approximate surface area is 150 Å². The molecule has 1 aromatic rings. The number of nitrogens with zero attached hydrogens (tertiary/aromatic N) is 2. The lowest BCUT2D eigenvalue weighted by Gasteiger charge is -2.23. The molecule has 2 N–H and O–H groups in total. The van der Waals surface area contributed by atoms with E-state index in [9.17, 15) is 0 Å². The zero-order chi connectivity index (χ0) is 17.6. The Bertz CT molecular complexity index is 562. The quantitative estimate of drug-likeness (QED) is 0.610. The van der Waals surface area contributed by atoms with Gasteiger partial charge < -0.3 is 20.3 Å². The van der Waals surface area contributed by atoms with Gasteiger partial charge in [-0.25, -0.2) is 0 Å².